The average Bonchev–Trinajstić information content (AvgIpc) is 2.95. The summed E-state index contributed by atoms with van der Waals surface area (Å²) in [5.74, 6) is -3.05. The Hall–Kier alpha value is -1.99. The number of rotatable bonds is 4. The standard InChI is InChI=1S/C20H19ClF2N2O2S/c1-11-15(4-2-13-9-25-19(24)18(11)13)16-5-3-14(6-17(16)21)28(26,27)10-12-7-20(22,23)8-12/h2-6,12H,7-10H2,1H3,(H2,24,25). The molecule has 2 aromatic rings. The number of hydrogen-bond donors (Lipinski definition) is 1. The molecule has 28 heavy (non-hydrogen) atoms. The molecule has 0 aromatic heterocycles. The fourth-order valence-corrected chi connectivity index (χ4v) is 5.98. The number of amidine groups is 1. The van der Waals surface area contributed by atoms with E-state index in [1.807, 2.05) is 19.1 Å². The smallest absolute Gasteiger partial charge is 0.248 e. The lowest BCUT2D eigenvalue weighted by Crippen LogP contribution is -2.39. The van der Waals surface area contributed by atoms with Gasteiger partial charge in [0, 0.05) is 29.0 Å². The zero-order valence-electron chi connectivity index (χ0n) is 15.2. The Balaban J connectivity index is 1.64. The summed E-state index contributed by atoms with van der Waals surface area (Å²) in [4.78, 5) is 4.30. The molecule has 1 fully saturated rings. The second-order valence-electron chi connectivity index (χ2n) is 7.53. The van der Waals surface area contributed by atoms with Crippen LogP contribution in [-0.4, -0.2) is 25.9 Å². The van der Waals surface area contributed by atoms with Crippen LogP contribution in [0.25, 0.3) is 11.1 Å². The minimum atomic E-state index is -3.68. The topological polar surface area (TPSA) is 72.5 Å². The van der Waals surface area contributed by atoms with Crippen LogP contribution in [0, 0.1) is 12.8 Å². The normalized spacial score (nSPS) is 18.5. The lowest BCUT2D eigenvalue weighted by molar-refractivity contribution is -0.103. The molecule has 0 unspecified atom stereocenters. The van der Waals surface area contributed by atoms with E-state index in [1.54, 1.807) is 6.07 Å². The molecule has 2 aromatic carbocycles. The van der Waals surface area contributed by atoms with Crippen molar-refractivity contribution in [2.24, 2.45) is 16.6 Å². The van der Waals surface area contributed by atoms with Gasteiger partial charge in [0.1, 0.15) is 5.84 Å². The first-order valence-corrected chi connectivity index (χ1v) is 10.9. The van der Waals surface area contributed by atoms with E-state index in [-0.39, 0.29) is 28.5 Å². The molecule has 148 valence electrons. The Labute approximate surface area is 167 Å². The van der Waals surface area contributed by atoms with E-state index in [9.17, 15) is 17.2 Å². The number of nitrogens with zero attached hydrogens (tertiary/aromatic N) is 1. The van der Waals surface area contributed by atoms with Crippen LogP contribution in [0.4, 0.5) is 8.78 Å². The van der Waals surface area contributed by atoms with Gasteiger partial charge in [0.2, 0.25) is 5.92 Å². The van der Waals surface area contributed by atoms with E-state index < -0.39 is 21.7 Å². The summed E-state index contributed by atoms with van der Waals surface area (Å²) in [5, 5.41) is 0.288. The van der Waals surface area contributed by atoms with Gasteiger partial charge >= 0.3 is 0 Å². The maximum absolute atomic E-state index is 13.0. The lowest BCUT2D eigenvalue weighted by atomic mass is 9.83. The third-order valence-corrected chi connectivity index (χ3v) is 7.64. The Bertz CT molecular complexity index is 1110. The first-order valence-electron chi connectivity index (χ1n) is 8.91. The summed E-state index contributed by atoms with van der Waals surface area (Å²) in [7, 11) is -3.68. The minimum Gasteiger partial charge on any atom is -0.383 e. The molecule has 1 heterocycles. The number of hydrogen-bond acceptors (Lipinski definition) is 4. The van der Waals surface area contributed by atoms with Crippen molar-refractivity contribution < 1.29 is 17.2 Å². The molecule has 2 aliphatic rings. The highest BCUT2D eigenvalue weighted by Gasteiger charge is 2.46. The number of halogens is 3. The molecule has 0 saturated heterocycles. The highest BCUT2D eigenvalue weighted by Crippen LogP contribution is 2.44. The quantitative estimate of drug-likeness (QED) is 0.792. The van der Waals surface area contributed by atoms with Gasteiger partial charge in [0.05, 0.1) is 17.2 Å². The van der Waals surface area contributed by atoms with Gasteiger partial charge in [-0.15, -0.1) is 0 Å². The molecule has 0 amide bonds. The van der Waals surface area contributed by atoms with Gasteiger partial charge in [0.15, 0.2) is 9.84 Å². The van der Waals surface area contributed by atoms with Crippen molar-refractivity contribution in [1.29, 1.82) is 0 Å². The van der Waals surface area contributed by atoms with Crippen molar-refractivity contribution in [1.82, 2.24) is 0 Å². The molecular weight excluding hydrogens is 406 g/mol. The molecule has 8 heteroatoms. The molecule has 1 aliphatic heterocycles. The SMILES string of the molecule is Cc1c(-c2ccc(S(=O)(=O)CC3CC(F)(F)C3)cc2Cl)ccc2c1C(N)=NC2. The van der Waals surface area contributed by atoms with E-state index in [1.165, 1.54) is 12.1 Å². The maximum atomic E-state index is 13.0. The van der Waals surface area contributed by atoms with E-state index in [2.05, 4.69) is 4.99 Å². The van der Waals surface area contributed by atoms with Gasteiger partial charge in [0.25, 0.3) is 0 Å². The summed E-state index contributed by atoms with van der Waals surface area (Å²) in [6.45, 7) is 2.48. The maximum Gasteiger partial charge on any atom is 0.248 e. The first kappa shape index (κ1) is 19.3. The molecule has 4 rings (SSSR count). The molecule has 2 N–H and O–H groups in total. The number of aliphatic imine (C=N–C) groups is 1. The third kappa shape index (κ3) is 3.31. The van der Waals surface area contributed by atoms with E-state index in [0.717, 1.165) is 22.3 Å². The van der Waals surface area contributed by atoms with Gasteiger partial charge in [-0.05, 0) is 41.7 Å². The third-order valence-electron chi connectivity index (χ3n) is 5.45. The van der Waals surface area contributed by atoms with Gasteiger partial charge in [-0.2, -0.15) is 0 Å². The second kappa shape index (κ2) is 6.52. The van der Waals surface area contributed by atoms with Gasteiger partial charge in [-0.3, -0.25) is 4.99 Å². The zero-order valence-corrected chi connectivity index (χ0v) is 16.7. The van der Waals surface area contributed by atoms with E-state index in [4.69, 9.17) is 17.3 Å². The van der Waals surface area contributed by atoms with Crippen molar-refractivity contribution in [3.63, 3.8) is 0 Å². The van der Waals surface area contributed by atoms with Crippen molar-refractivity contribution >= 4 is 27.3 Å². The predicted molar refractivity (Wildman–Crippen MR) is 106 cm³/mol. The molecule has 0 bridgehead atoms. The van der Waals surface area contributed by atoms with Crippen LogP contribution in [0.1, 0.15) is 29.5 Å². The number of fused-ring (bicyclic) bond motifs is 1. The van der Waals surface area contributed by atoms with Crippen LogP contribution < -0.4 is 5.73 Å². The fourth-order valence-electron chi connectivity index (χ4n) is 4.01. The highest BCUT2D eigenvalue weighted by molar-refractivity contribution is 7.91. The van der Waals surface area contributed by atoms with Crippen LogP contribution in [0.2, 0.25) is 5.02 Å². The number of nitrogens with two attached hydrogens (primary N) is 1. The fraction of sp³-hybridized carbons (Fsp3) is 0.350. The Morgan fingerprint density at radius 2 is 1.89 bits per heavy atom. The molecular formula is C20H19ClF2N2O2S. The number of benzene rings is 2. The van der Waals surface area contributed by atoms with Gasteiger partial charge in [-0.25, -0.2) is 17.2 Å². The van der Waals surface area contributed by atoms with Crippen molar-refractivity contribution in [3.8, 4) is 11.1 Å². The molecule has 1 saturated carbocycles. The Kier molecular flexibility index (Phi) is 4.50. The first-order chi connectivity index (χ1) is 13.1. The summed E-state index contributed by atoms with van der Waals surface area (Å²) in [6.07, 6.45) is -0.759. The minimum absolute atomic E-state index is 0.0522. The lowest BCUT2D eigenvalue weighted by Gasteiger charge is -2.34. The van der Waals surface area contributed by atoms with Crippen LogP contribution >= 0.6 is 11.6 Å². The molecule has 1 aliphatic carbocycles. The molecule has 0 atom stereocenters. The van der Waals surface area contributed by atoms with Crippen molar-refractivity contribution in [2.75, 3.05) is 5.75 Å². The summed E-state index contributed by atoms with van der Waals surface area (Å²) in [6, 6.07) is 8.40. The Morgan fingerprint density at radius 3 is 2.54 bits per heavy atom. The monoisotopic (exact) mass is 424 g/mol. The predicted octanol–water partition coefficient (Wildman–Crippen LogP) is 4.35. The van der Waals surface area contributed by atoms with Gasteiger partial charge < -0.3 is 5.73 Å². The highest BCUT2D eigenvalue weighted by atomic mass is 35.5. The summed E-state index contributed by atoms with van der Waals surface area (Å²) < 4.78 is 51.1. The molecule has 0 radical (unpaired) electrons. The van der Waals surface area contributed by atoms with E-state index in [0.29, 0.717) is 17.9 Å². The van der Waals surface area contributed by atoms with Crippen LogP contribution in [-0.2, 0) is 16.4 Å². The van der Waals surface area contributed by atoms with Crippen LogP contribution in [0.15, 0.2) is 40.2 Å². The zero-order chi connectivity index (χ0) is 20.3. The number of alkyl halides is 2. The summed E-state index contributed by atoms with van der Waals surface area (Å²) in [5.41, 5.74) is 10.4. The number of sulfone groups is 1. The Morgan fingerprint density at radius 1 is 1.21 bits per heavy atom. The molecule has 4 nitrogen and oxygen atoms in total. The van der Waals surface area contributed by atoms with Crippen LogP contribution in [0.3, 0.4) is 0 Å². The van der Waals surface area contributed by atoms with Crippen molar-refractivity contribution in [3.05, 3.63) is 52.0 Å². The van der Waals surface area contributed by atoms with Gasteiger partial charge in [-0.1, -0.05) is 29.8 Å². The second-order valence-corrected chi connectivity index (χ2v) is 9.97. The largest absolute Gasteiger partial charge is 0.383 e. The van der Waals surface area contributed by atoms with Crippen LogP contribution in [0.5, 0.6) is 0 Å². The average molecular weight is 425 g/mol. The molecule has 0 spiro atoms. The summed E-state index contributed by atoms with van der Waals surface area (Å²) >= 11 is 6.41. The van der Waals surface area contributed by atoms with Crippen molar-refractivity contribution in [2.45, 2.75) is 37.1 Å². The van der Waals surface area contributed by atoms with E-state index >= 15 is 0 Å².